The van der Waals surface area contributed by atoms with Gasteiger partial charge in [0.2, 0.25) is 5.75 Å². The number of methoxy groups -OCH3 is 3. The quantitative estimate of drug-likeness (QED) is 0.530. The van der Waals surface area contributed by atoms with Gasteiger partial charge in [-0.15, -0.1) is 0 Å². The molecule has 1 heterocycles. The maximum Gasteiger partial charge on any atom is 0.257 e. The number of anilines is 1. The molecule has 4 rings (SSSR count). The van der Waals surface area contributed by atoms with Crippen molar-refractivity contribution in [3.05, 3.63) is 54.1 Å². The van der Waals surface area contributed by atoms with Gasteiger partial charge in [-0.1, -0.05) is 41.7 Å². The molecule has 7 heteroatoms. The van der Waals surface area contributed by atoms with Crippen LogP contribution in [0, 0.1) is 0 Å². The zero-order valence-electron chi connectivity index (χ0n) is 15.6. The van der Waals surface area contributed by atoms with Crippen LogP contribution in [0.5, 0.6) is 17.2 Å². The van der Waals surface area contributed by atoms with Crippen LogP contribution in [0.25, 0.3) is 21.0 Å². The molecule has 1 aromatic heterocycles. The fourth-order valence-electron chi connectivity index (χ4n) is 3.10. The molecule has 0 aliphatic carbocycles. The molecule has 0 aliphatic heterocycles. The Kier molecular flexibility index (Phi) is 4.75. The summed E-state index contributed by atoms with van der Waals surface area (Å²) in [6.45, 7) is 0. The number of ether oxygens (including phenoxy) is 3. The van der Waals surface area contributed by atoms with E-state index in [1.165, 1.54) is 32.7 Å². The van der Waals surface area contributed by atoms with Crippen LogP contribution < -0.4 is 19.5 Å². The summed E-state index contributed by atoms with van der Waals surface area (Å²) < 4.78 is 16.9. The standard InChI is InChI=1S/C21H18N2O4S/c1-25-15-10-13(11-16(26-2)19(15)27-3)20(24)23-21-22-18-14-7-5-4-6-12(14)8-9-17(18)28-21/h4-11H,1-3H3,(H,22,23,24). The maximum atomic E-state index is 12.8. The van der Waals surface area contributed by atoms with E-state index >= 15 is 0 Å². The Bertz CT molecular complexity index is 1160. The summed E-state index contributed by atoms with van der Waals surface area (Å²) in [6, 6.07) is 15.3. The van der Waals surface area contributed by atoms with Gasteiger partial charge in [0, 0.05) is 10.9 Å². The number of nitrogens with one attached hydrogen (secondary N) is 1. The van der Waals surface area contributed by atoms with Gasteiger partial charge in [-0.05, 0) is 23.6 Å². The third-order valence-electron chi connectivity index (χ3n) is 4.43. The van der Waals surface area contributed by atoms with Crippen molar-refractivity contribution >= 4 is 43.4 Å². The maximum absolute atomic E-state index is 12.8. The van der Waals surface area contributed by atoms with Crippen LogP contribution in [0.15, 0.2) is 48.5 Å². The topological polar surface area (TPSA) is 69.7 Å². The third-order valence-corrected chi connectivity index (χ3v) is 5.37. The first kappa shape index (κ1) is 18.1. The molecule has 0 fully saturated rings. The van der Waals surface area contributed by atoms with E-state index in [1.54, 1.807) is 12.1 Å². The summed E-state index contributed by atoms with van der Waals surface area (Å²) >= 11 is 1.43. The van der Waals surface area contributed by atoms with Crippen LogP contribution >= 0.6 is 11.3 Å². The second kappa shape index (κ2) is 7.36. The molecule has 0 unspecified atom stereocenters. The van der Waals surface area contributed by atoms with Crippen molar-refractivity contribution in [3.8, 4) is 17.2 Å². The highest BCUT2D eigenvalue weighted by atomic mass is 32.1. The molecule has 0 spiro atoms. The average Bonchev–Trinajstić information content (AvgIpc) is 3.15. The van der Waals surface area contributed by atoms with Crippen molar-refractivity contribution in [2.45, 2.75) is 0 Å². The molecule has 3 aromatic carbocycles. The average molecular weight is 394 g/mol. The minimum Gasteiger partial charge on any atom is -0.493 e. The zero-order chi connectivity index (χ0) is 19.7. The Morgan fingerprint density at radius 2 is 1.68 bits per heavy atom. The first-order chi connectivity index (χ1) is 13.6. The molecule has 142 valence electrons. The van der Waals surface area contributed by atoms with E-state index in [2.05, 4.69) is 16.4 Å². The minimum absolute atomic E-state index is 0.303. The highest BCUT2D eigenvalue weighted by molar-refractivity contribution is 7.22. The Morgan fingerprint density at radius 3 is 2.36 bits per heavy atom. The molecular weight excluding hydrogens is 376 g/mol. The predicted octanol–water partition coefficient (Wildman–Crippen LogP) is 4.73. The highest BCUT2D eigenvalue weighted by Crippen LogP contribution is 2.38. The van der Waals surface area contributed by atoms with Crippen LogP contribution in [-0.2, 0) is 0 Å². The van der Waals surface area contributed by atoms with E-state index in [0.29, 0.717) is 27.9 Å². The van der Waals surface area contributed by atoms with Crippen LogP contribution in [0.4, 0.5) is 5.13 Å². The molecule has 0 bridgehead atoms. The van der Waals surface area contributed by atoms with Gasteiger partial charge in [-0.2, -0.15) is 0 Å². The number of benzene rings is 3. The van der Waals surface area contributed by atoms with E-state index in [9.17, 15) is 4.79 Å². The van der Waals surface area contributed by atoms with Crippen LogP contribution in [0.2, 0.25) is 0 Å². The monoisotopic (exact) mass is 394 g/mol. The summed E-state index contributed by atoms with van der Waals surface area (Å²) in [7, 11) is 4.54. The summed E-state index contributed by atoms with van der Waals surface area (Å²) in [5.74, 6) is 0.972. The Morgan fingerprint density at radius 1 is 0.964 bits per heavy atom. The minimum atomic E-state index is -0.303. The van der Waals surface area contributed by atoms with Crippen LogP contribution in [-0.4, -0.2) is 32.2 Å². The summed E-state index contributed by atoms with van der Waals surface area (Å²) in [4.78, 5) is 17.4. The number of hydrogen-bond donors (Lipinski definition) is 1. The molecule has 0 radical (unpaired) electrons. The van der Waals surface area contributed by atoms with Crippen LogP contribution in [0.1, 0.15) is 10.4 Å². The number of hydrogen-bond acceptors (Lipinski definition) is 6. The van der Waals surface area contributed by atoms with Gasteiger partial charge in [0.05, 0.1) is 31.5 Å². The molecule has 0 atom stereocenters. The lowest BCUT2D eigenvalue weighted by Gasteiger charge is -2.13. The van der Waals surface area contributed by atoms with Crippen molar-refractivity contribution in [2.24, 2.45) is 0 Å². The number of thiazole rings is 1. The molecule has 0 saturated heterocycles. The summed E-state index contributed by atoms with van der Waals surface area (Å²) in [6.07, 6.45) is 0. The van der Waals surface area contributed by atoms with E-state index in [1.807, 2.05) is 30.3 Å². The smallest absolute Gasteiger partial charge is 0.257 e. The summed E-state index contributed by atoms with van der Waals surface area (Å²) in [5.41, 5.74) is 1.27. The van der Waals surface area contributed by atoms with Gasteiger partial charge in [0.15, 0.2) is 16.6 Å². The first-order valence-electron chi connectivity index (χ1n) is 8.54. The number of amides is 1. The van der Waals surface area contributed by atoms with Gasteiger partial charge in [0.25, 0.3) is 5.91 Å². The fraction of sp³-hybridized carbons (Fsp3) is 0.143. The third kappa shape index (κ3) is 3.10. The van der Waals surface area contributed by atoms with Gasteiger partial charge in [-0.25, -0.2) is 4.98 Å². The second-order valence-electron chi connectivity index (χ2n) is 6.02. The molecule has 1 N–H and O–H groups in total. The Hall–Kier alpha value is -3.32. The number of rotatable bonds is 5. The number of carbonyl (C=O) groups is 1. The van der Waals surface area contributed by atoms with Gasteiger partial charge >= 0.3 is 0 Å². The van der Waals surface area contributed by atoms with Crippen molar-refractivity contribution in [2.75, 3.05) is 26.6 Å². The molecule has 1 amide bonds. The van der Waals surface area contributed by atoms with Gasteiger partial charge in [0.1, 0.15) is 0 Å². The fourth-order valence-corrected chi connectivity index (χ4v) is 3.97. The number of carbonyl (C=O) groups excluding carboxylic acids is 1. The van der Waals surface area contributed by atoms with E-state index in [-0.39, 0.29) is 5.91 Å². The second-order valence-corrected chi connectivity index (χ2v) is 7.05. The van der Waals surface area contributed by atoms with Crippen molar-refractivity contribution in [3.63, 3.8) is 0 Å². The Labute approximate surface area is 165 Å². The van der Waals surface area contributed by atoms with Gasteiger partial charge < -0.3 is 14.2 Å². The molecule has 0 aliphatic rings. The largest absolute Gasteiger partial charge is 0.493 e. The lowest BCUT2D eigenvalue weighted by Crippen LogP contribution is -2.12. The lowest BCUT2D eigenvalue weighted by atomic mass is 10.1. The molecule has 4 aromatic rings. The molecule has 6 nitrogen and oxygen atoms in total. The first-order valence-corrected chi connectivity index (χ1v) is 9.36. The summed E-state index contributed by atoms with van der Waals surface area (Å²) in [5, 5.41) is 5.57. The van der Waals surface area contributed by atoms with E-state index in [0.717, 1.165) is 21.0 Å². The lowest BCUT2D eigenvalue weighted by molar-refractivity contribution is 0.102. The number of nitrogens with zero attached hydrogens (tertiary/aromatic N) is 1. The number of fused-ring (bicyclic) bond motifs is 3. The highest BCUT2D eigenvalue weighted by Gasteiger charge is 2.18. The SMILES string of the molecule is COc1cc(C(=O)Nc2nc3c(ccc4ccccc43)s2)cc(OC)c1OC. The van der Waals surface area contributed by atoms with Crippen molar-refractivity contribution in [1.82, 2.24) is 4.98 Å². The van der Waals surface area contributed by atoms with Crippen LogP contribution in [0.3, 0.4) is 0 Å². The predicted molar refractivity (Wildman–Crippen MR) is 111 cm³/mol. The van der Waals surface area contributed by atoms with Gasteiger partial charge in [-0.3, -0.25) is 10.1 Å². The van der Waals surface area contributed by atoms with Crippen molar-refractivity contribution < 1.29 is 19.0 Å². The molecule has 0 saturated carbocycles. The Balaban J connectivity index is 1.69. The van der Waals surface area contributed by atoms with E-state index in [4.69, 9.17) is 14.2 Å². The molecular formula is C21H18N2O4S. The normalized spacial score (nSPS) is 10.8. The zero-order valence-corrected chi connectivity index (χ0v) is 16.4. The number of aromatic nitrogens is 1. The van der Waals surface area contributed by atoms with Crippen molar-refractivity contribution in [1.29, 1.82) is 0 Å². The molecule has 28 heavy (non-hydrogen) atoms. The van der Waals surface area contributed by atoms with E-state index < -0.39 is 0 Å².